The molecule has 3 rings (SSSR count). The summed E-state index contributed by atoms with van der Waals surface area (Å²) in [7, 11) is 3.04. The first-order valence-corrected chi connectivity index (χ1v) is 10.3. The maximum absolute atomic E-state index is 12.2. The van der Waals surface area contributed by atoms with E-state index in [0.29, 0.717) is 25.4 Å². The molecule has 2 unspecified atom stereocenters. The van der Waals surface area contributed by atoms with Crippen LogP contribution in [0.5, 0.6) is 11.5 Å². The average molecular weight is 405 g/mol. The highest BCUT2D eigenvalue weighted by Crippen LogP contribution is 2.45. The molecule has 29 heavy (non-hydrogen) atoms. The normalized spacial score (nSPS) is 24.4. The minimum absolute atomic E-state index is 0.0327. The van der Waals surface area contributed by atoms with Gasteiger partial charge in [0.1, 0.15) is 0 Å². The number of rotatable bonds is 6. The predicted molar refractivity (Wildman–Crippen MR) is 109 cm³/mol. The molecule has 1 N–H and O–H groups in total. The second kappa shape index (κ2) is 8.93. The van der Waals surface area contributed by atoms with Gasteiger partial charge >= 0.3 is 6.09 Å². The van der Waals surface area contributed by atoms with Gasteiger partial charge in [-0.3, -0.25) is 4.79 Å². The Morgan fingerprint density at radius 1 is 1.21 bits per heavy atom. The highest BCUT2D eigenvalue weighted by atomic mass is 16.5. The fourth-order valence-corrected chi connectivity index (χ4v) is 4.52. The molecule has 2 fully saturated rings. The SMILES string of the molecule is COC(=O)N1CC(c2ccc(OC)c(OC3CCCC3)c2)C(C)(CNC(C)=O)C1. The quantitative estimate of drug-likeness (QED) is 0.787. The monoisotopic (exact) mass is 404 g/mol. The summed E-state index contributed by atoms with van der Waals surface area (Å²) >= 11 is 0. The lowest BCUT2D eigenvalue weighted by molar-refractivity contribution is -0.119. The summed E-state index contributed by atoms with van der Waals surface area (Å²) in [4.78, 5) is 25.4. The van der Waals surface area contributed by atoms with Gasteiger partial charge in [0, 0.05) is 37.9 Å². The number of methoxy groups -OCH3 is 2. The number of ether oxygens (including phenoxy) is 3. The van der Waals surface area contributed by atoms with Crippen molar-refractivity contribution in [1.82, 2.24) is 10.2 Å². The van der Waals surface area contributed by atoms with E-state index in [9.17, 15) is 9.59 Å². The van der Waals surface area contributed by atoms with Gasteiger partial charge in [0.25, 0.3) is 0 Å². The number of amides is 2. The molecule has 2 amide bonds. The Labute approximate surface area is 172 Å². The average Bonchev–Trinajstić information content (AvgIpc) is 3.34. The van der Waals surface area contributed by atoms with Gasteiger partial charge in [-0.05, 0) is 43.4 Å². The van der Waals surface area contributed by atoms with Gasteiger partial charge in [0.05, 0.1) is 20.3 Å². The highest BCUT2D eigenvalue weighted by molar-refractivity contribution is 5.73. The minimum atomic E-state index is -0.350. The summed E-state index contributed by atoms with van der Waals surface area (Å²) in [5.41, 5.74) is 0.747. The molecule has 1 saturated heterocycles. The molecule has 0 spiro atoms. The standard InChI is InChI=1S/C22H32N2O5/c1-15(25)23-13-22(2)14-24(21(26)28-4)12-18(22)16-9-10-19(27-3)20(11-16)29-17-7-5-6-8-17/h9-11,17-18H,5-8,12-14H2,1-4H3,(H,23,25). The predicted octanol–water partition coefficient (Wildman–Crippen LogP) is 3.32. The van der Waals surface area contributed by atoms with Crippen molar-refractivity contribution >= 4 is 12.0 Å². The van der Waals surface area contributed by atoms with Gasteiger partial charge in [-0.1, -0.05) is 13.0 Å². The molecule has 0 radical (unpaired) electrons. The van der Waals surface area contributed by atoms with Crippen LogP contribution in [0.15, 0.2) is 18.2 Å². The first-order chi connectivity index (χ1) is 13.9. The van der Waals surface area contributed by atoms with Crippen molar-refractivity contribution < 1.29 is 23.8 Å². The zero-order chi connectivity index (χ0) is 21.0. The minimum Gasteiger partial charge on any atom is -0.493 e. The molecule has 2 atom stereocenters. The maximum atomic E-state index is 12.2. The van der Waals surface area contributed by atoms with Crippen molar-refractivity contribution in [1.29, 1.82) is 0 Å². The first-order valence-electron chi connectivity index (χ1n) is 10.3. The number of nitrogens with zero attached hydrogens (tertiary/aromatic N) is 1. The third kappa shape index (κ3) is 4.77. The van der Waals surface area contributed by atoms with Crippen LogP contribution in [0.4, 0.5) is 4.79 Å². The molecule has 0 bridgehead atoms. The van der Waals surface area contributed by atoms with Crippen molar-refractivity contribution in [2.45, 2.75) is 51.6 Å². The van der Waals surface area contributed by atoms with Crippen LogP contribution in [-0.4, -0.2) is 56.9 Å². The van der Waals surface area contributed by atoms with Crippen LogP contribution in [0, 0.1) is 5.41 Å². The van der Waals surface area contributed by atoms with E-state index >= 15 is 0 Å². The smallest absolute Gasteiger partial charge is 0.409 e. The van der Waals surface area contributed by atoms with E-state index in [1.807, 2.05) is 18.2 Å². The third-order valence-corrected chi connectivity index (χ3v) is 6.16. The van der Waals surface area contributed by atoms with E-state index < -0.39 is 0 Å². The zero-order valence-corrected chi connectivity index (χ0v) is 17.8. The number of nitrogens with one attached hydrogen (secondary N) is 1. The van der Waals surface area contributed by atoms with E-state index in [-0.39, 0.29) is 29.4 Å². The third-order valence-electron chi connectivity index (χ3n) is 6.16. The second-order valence-electron chi connectivity index (χ2n) is 8.40. The fraction of sp³-hybridized carbons (Fsp3) is 0.636. The van der Waals surface area contributed by atoms with Crippen molar-refractivity contribution in [3.8, 4) is 11.5 Å². The fourth-order valence-electron chi connectivity index (χ4n) is 4.52. The van der Waals surface area contributed by atoms with Crippen LogP contribution in [-0.2, 0) is 9.53 Å². The van der Waals surface area contributed by atoms with Crippen LogP contribution in [0.3, 0.4) is 0 Å². The second-order valence-corrected chi connectivity index (χ2v) is 8.40. The molecule has 2 aliphatic rings. The maximum Gasteiger partial charge on any atom is 0.409 e. The van der Waals surface area contributed by atoms with Gasteiger partial charge in [-0.25, -0.2) is 4.79 Å². The number of hydrogen-bond donors (Lipinski definition) is 1. The van der Waals surface area contributed by atoms with Gasteiger partial charge in [0.2, 0.25) is 5.91 Å². The van der Waals surface area contributed by atoms with E-state index in [1.54, 1.807) is 12.0 Å². The molecule has 0 aromatic heterocycles. The number of hydrogen-bond acceptors (Lipinski definition) is 5. The molecule has 1 aliphatic heterocycles. The summed E-state index contributed by atoms with van der Waals surface area (Å²) in [6.07, 6.45) is 4.38. The molecule has 7 heteroatoms. The van der Waals surface area contributed by atoms with E-state index in [2.05, 4.69) is 12.2 Å². The Kier molecular flexibility index (Phi) is 6.55. The number of carbonyl (C=O) groups excluding carboxylic acids is 2. The van der Waals surface area contributed by atoms with Gasteiger partial charge in [-0.15, -0.1) is 0 Å². The Morgan fingerprint density at radius 2 is 1.93 bits per heavy atom. The van der Waals surface area contributed by atoms with Crippen molar-refractivity contribution in [3.63, 3.8) is 0 Å². The molecule has 1 aromatic rings. The Morgan fingerprint density at radius 3 is 2.55 bits per heavy atom. The Hall–Kier alpha value is -2.44. The summed E-state index contributed by atoms with van der Waals surface area (Å²) in [5, 5.41) is 2.93. The number of carbonyl (C=O) groups is 2. The Bertz CT molecular complexity index is 747. The van der Waals surface area contributed by atoms with Crippen LogP contribution in [0.1, 0.15) is 51.0 Å². The lowest BCUT2D eigenvalue weighted by Gasteiger charge is -2.31. The summed E-state index contributed by atoms with van der Waals surface area (Å²) in [6, 6.07) is 5.99. The van der Waals surface area contributed by atoms with E-state index in [0.717, 1.165) is 24.2 Å². The molecule has 160 valence electrons. The Balaban J connectivity index is 1.89. The van der Waals surface area contributed by atoms with Crippen LogP contribution >= 0.6 is 0 Å². The van der Waals surface area contributed by atoms with Gasteiger partial charge < -0.3 is 24.4 Å². The van der Waals surface area contributed by atoms with Gasteiger partial charge in [-0.2, -0.15) is 0 Å². The van der Waals surface area contributed by atoms with Crippen LogP contribution in [0.2, 0.25) is 0 Å². The number of benzene rings is 1. The highest BCUT2D eigenvalue weighted by Gasteiger charge is 2.46. The molecular formula is C22H32N2O5. The lowest BCUT2D eigenvalue weighted by atomic mass is 9.76. The summed E-state index contributed by atoms with van der Waals surface area (Å²) < 4.78 is 16.7. The zero-order valence-electron chi connectivity index (χ0n) is 17.8. The van der Waals surface area contributed by atoms with Crippen LogP contribution < -0.4 is 14.8 Å². The van der Waals surface area contributed by atoms with Crippen molar-refractivity contribution in [2.75, 3.05) is 33.9 Å². The van der Waals surface area contributed by atoms with Crippen LogP contribution in [0.25, 0.3) is 0 Å². The van der Waals surface area contributed by atoms with Gasteiger partial charge in [0.15, 0.2) is 11.5 Å². The molecular weight excluding hydrogens is 372 g/mol. The first kappa shape index (κ1) is 21.3. The van der Waals surface area contributed by atoms with E-state index in [1.165, 1.54) is 26.9 Å². The van der Waals surface area contributed by atoms with Crippen molar-refractivity contribution in [3.05, 3.63) is 23.8 Å². The molecule has 1 heterocycles. The molecule has 1 saturated carbocycles. The largest absolute Gasteiger partial charge is 0.493 e. The topological polar surface area (TPSA) is 77.1 Å². The molecule has 7 nitrogen and oxygen atoms in total. The summed E-state index contributed by atoms with van der Waals surface area (Å²) in [6.45, 7) is 5.11. The molecule has 1 aliphatic carbocycles. The van der Waals surface area contributed by atoms with Crippen molar-refractivity contribution in [2.24, 2.45) is 5.41 Å². The summed E-state index contributed by atoms with van der Waals surface area (Å²) in [5.74, 6) is 1.41. The van der Waals surface area contributed by atoms with E-state index in [4.69, 9.17) is 14.2 Å². The number of likely N-dealkylation sites (tertiary alicyclic amines) is 1. The lowest BCUT2D eigenvalue weighted by Crippen LogP contribution is -2.40. The molecule has 1 aromatic carbocycles.